The molecular weight excluding hydrogens is 222 g/mol. The van der Waals surface area contributed by atoms with Crippen molar-refractivity contribution in [3.8, 4) is 0 Å². The summed E-state index contributed by atoms with van der Waals surface area (Å²) in [6.07, 6.45) is 2.91. The third-order valence-electron chi connectivity index (χ3n) is 1.47. The number of aromatic nitrogens is 5. The van der Waals surface area contributed by atoms with Crippen LogP contribution in [0.15, 0.2) is 28.9 Å². The molecule has 0 N–H and O–H groups in total. The predicted octanol–water partition coefficient (Wildman–Crippen LogP) is 1.41. The summed E-state index contributed by atoms with van der Waals surface area (Å²) in [5.74, 6) is 0. The largest absolute Gasteiger partial charge is 0.244 e. The molecule has 0 saturated heterocycles. The van der Waals surface area contributed by atoms with Crippen molar-refractivity contribution in [3.63, 3.8) is 0 Å². The molecule has 72 valence electrons. The average Bonchev–Trinajstić information content (AvgIpc) is 2.52. The van der Waals surface area contributed by atoms with Crippen LogP contribution in [0, 0.1) is 0 Å². The number of nitrogens with zero attached hydrogens (tertiary/aromatic N) is 5. The molecule has 0 unspecified atom stereocenters. The fourth-order valence-electron chi connectivity index (χ4n) is 0.845. The monoisotopic (exact) mass is 227 g/mol. The number of hydrogen-bond acceptors (Lipinski definition) is 5. The van der Waals surface area contributed by atoms with E-state index in [1.54, 1.807) is 10.7 Å². The van der Waals surface area contributed by atoms with Crippen LogP contribution in [0.3, 0.4) is 0 Å². The molecular formula is C7H6ClN5S. The van der Waals surface area contributed by atoms with Crippen molar-refractivity contribution >= 4 is 23.4 Å². The summed E-state index contributed by atoms with van der Waals surface area (Å²) in [6, 6.07) is 1.68. The van der Waals surface area contributed by atoms with Crippen molar-refractivity contribution in [2.75, 3.05) is 0 Å². The second kappa shape index (κ2) is 3.93. The first-order valence-corrected chi connectivity index (χ1v) is 4.94. The minimum Gasteiger partial charge on any atom is -0.244 e. The summed E-state index contributed by atoms with van der Waals surface area (Å²) < 4.78 is 1.67. The van der Waals surface area contributed by atoms with Crippen LogP contribution in [0.25, 0.3) is 0 Å². The molecule has 2 aromatic rings. The van der Waals surface area contributed by atoms with Gasteiger partial charge in [-0.3, -0.25) is 0 Å². The van der Waals surface area contributed by atoms with Gasteiger partial charge >= 0.3 is 0 Å². The van der Waals surface area contributed by atoms with Crippen LogP contribution in [-0.2, 0) is 7.05 Å². The Labute approximate surface area is 89.5 Å². The van der Waals surface area contributed by atoms with Crippen molar-refractivity contribution in [2.24, 2.45) is 7.05 Å². The highest BCUT2D eigenvalue weighted by molar-refractivity contribution is 7.99. The lowest BCUT2D eigenvalue weighted by molar-refractivity contribution is 0.684. The van der Waals surface area contributed by atoms with Crippen LogP contribution in [-0.4, -0.2) is 24.7 Å². The molecule has 2 aromatic heterocycles. The highest BCUT2D eigenvalue weighted by Gasteiger charge is 2.04. The zero-order valence-corrected chi connectivity index (χ0v) is 8.83. The molecule has 0 aliphatic heterocycles. The maximum Gasteiger partial charge on any atom is 0.192 e. The third kappa shape index (κ3) is 2.02. The van der Waals surface area contributed by atoms with Gasteiger partial charge < -0.3 is 0 Å². The average molecular weight is 228 g/mol. The van der Waals surface area contributed by atoms with Crippen molar-refractivity contribution in [2.45, 2.75) is 10.2 Å². The maximum absolute atomic E-state index is 5.72. The molecule has 0 fully saturated rings. The first-order valence-electron chi connectivity index (χ1n) is 3.75. The van der Waals surface area contributed by atoms with E-state index < -0.39 is 0 Å². The molecule has 14 heavy (non-hydrogen) atoms. The van der Waals surface area contributed by atoms with E-state index >= 15 is 0 Å². The van der Waals surface area contributed by atoms with Crippen molar-refractivity contribution < 1.29 is 0 Å². The quantitative estimate of drug-likeness (QED) is 0.726. The Hall–Kier alpha value is -1.14. The van der Waals surface area contributed by atoms with Crippen LogP contribution < -0.4 is 0 Å². The fraction of sp³-hybridized carbons (Fsp3) is 0.143. The second-order valence-corrected chi connectivity index (χ2v) is 3.82. The van der Waals surface area contributed by atoms with Gasteiger partial charge in [-0.15, -0.1) is 0 Å². The minimum absolute atomic E-state index is 0.421. The van der Waals surface area contributed by atoms with E-state index in [1.165, 1.54) is 24.4 Å². The Morgan fingerprint density at radius 3 is 2.79 bits per heavy atom. The van der Waals surface area contributed by atoms with E-state index in [2.05, 4.69) is 20.1 Å². The first-order chi connectivity index (χ1) is 6.75. The highest BCUT2D eigenvalue weighted by Crippen LogP contribution is 2.23. The summed E-state index contributed by atoms with van der Waals surface area (Å²) in [5, 5.41) is 5.88. The Morgan fingerprint density at radius 1 is 1.29 bits per heavy atom. The lowest BCUT2D eigenvalue weighted by atomic mass is 10.7. The summed E-state index contributed by atoms with van der Waals surface area (Å²) in [4.78, 5) is 11.9. The zero-order valence-electron chi connectivity index (χ0n) is 7.25. The van der Waals surface area contributed by atoms with E-state index in [9.17, 15) is 0 Å². The summed E-state index contributed by atoms with van der Waals surface area (Å²) in [7, 11) is 1.82. The van der Waals surface area contributed by atoms with Crippen molar-refractivity contribution in [3.05, 3.63) is 23.9 Å². The number of aryl methyl sites for hydroxylation is 1. The summed E-state index contributed by atoms with van der Waals surface area (Å²) >= 11 is 7.11. The molecule has 0 radical (unpaired) electrons. The third-order valence-corrected chi connectivity index (χ3v) is 2.67. The molecule has 0 atom stereocenters. The van der Waals surface area contributed by atoms with E-state index in [1.807, 2.05) is 7.05 Å². The molecule has 2 rings (SSSR count). The van der Waals surface area contributed by atoms with Gasteiger partial charge in [-0.05, 0) is 11.8 Å². The van der Waals surface area contributed by atoms with Gasteiger partial charge in [-0.25, -0.2) is 19.6 Å². The van der Waals surface area contributed by atoms with Gasteiger partial charge in [0.05, 0.1) is 0 Å². The molecule has 0 aromatic carbocycles. The van der Waals surface area contributed by atoms with Crippen LogP contribution in [0.1, 0.15) is 0 Å². The van der Waals surface area contributed by atoms with Gasteiger partial charge in [0.15, 0.2) is 5.16 Å². The number of hydrogen-bond donors (Lipinski definition) is 0. The van der Waals surface area contributed by atoms with E-state index in [0.717, 1.165) is 10.2 Å². The molecule has 0 saturated carbocycles. The van der Waals surface area contributed by atoms with Crippen LogP contribution in [0.5, 0.6) is 0 Å². The van der Waals surface area contributed by atoms with E-state index in [0.29, 0.717) is 5.15 Å². The van der Waals surface area contributed by atoms with Crippen LogP contribution in [0.4, 0.5) is 0 Å². The zero-order chi connectivity index (χ0) is 9.97. The molecule has 0 aliphatic rings. The summed E-state index contributed by atoms with van der Waals surface area (Å²) in [6.45, 7) is 0. The number of rotatable bonds is 2. The first kappa shape index (κ1) is 9.42. The standard InChI is InChI=1S/C7H6ClN5S/c1-13-7(11-4-12-13)14-6-2-5(8)9-3-10-6/h2-4H,1H3. The van der Waals surface area contributed by atoms with Gasteiger partial charge in [-0.2, -0.15) is 5.10 Å². The number of halogens is 1. The van der Waals surface area contributed by atoms with Gasteiger partial charge in [-0.1, -0.05) is 11.6 Å². The van der Waals surface area contributed by atoms with Crippen molar-refractivity contribution in [1.29, 1.82) is 0 Å². The fourth-order valence-corrected chi connectivity index (χ4v) is 1.79. The molecule has 0 spiro atoms. The Bertz CT molecular complexity index is 443. The Kier molecular flexibility index (Phi) is 2.64. The normalized spacial score (nSPS) is 10.4. The van der Waals surface area contributed by atoms with E-state index in [4.69, 9.17) is 11.6 Å². The van der Waals surface area contributed by atoms with Crippen LogP contribution >= 0.6 is 23.4 Å². The van der Waals surface area contributed by atoms with Gasteiger partial charge in [0, 0.05) is 13.1 Å². The maximum atomic E-state index is 5.72. The topological polar surface area (TPSA) is 56.5 Å². The Morgan fingerprint density at radius 2 is 2.14 bits per heavy atom. The predicted molar refractivity (Wildman–Crippen MR) is 52.2 cm³/mol. The van der Waals surface area contributed by atoms with Crippen molar-refractivity contribution in [1.82, 2.24) is 24.7 Å². The molecule has 7 heteroatoms. The second-order valence-electron chi connectivity index (χ2n) is 2.45. The molecule has 0 bridgehead atoms. The SMILES string of the molecule is Cn1ncnc1Sc1cc(Cl)ncn1. The highest BCUT2D eigenvalue weighted by atomic mass is 35.5. The lowest BCUT2D eigenvalue weighted by Gasteiger charge is -1.98. The molecule has 0 amide bonds. The smallest absolute Gasteiger partial charge is 0.192 e. The van der Waals surface area contributed by atoms with Gasteiger partial charge in [0.2, 0.25) is 0 Å². The van der Waals surface area contributed by atoms with E-state index in [-0.39, 0.29) is 0 Å². The Balaban J connectivity index is 2.23. The van der Waals surface area contributed by atoms with Gasteiger partial charge in [0.1, 0.15) is 22.8 Å². The van der Waals surface area contributed by atoms with Gasteiger partial charge in [0.25, 0.3) is 0 Å². The summed E-state index contributed by atoms with van der Waals surface area (Å²) in [5.41, 5.74) is 0. The molecule has 0 aliphatic carbocycles. The lowest BCUT2D eigenvalue weighted by Crippen LogP contribution is -1.93. The van der Waals surface area contributed by atoms with Crippen LogP contribution in [0.2, 0.25) is 5.15 Å². The molecule has 2 heterocycles. The molecule has 5 nitrogen and oxygen atoms in total. The minimum atomic E-state index is 0.421.